The van der Waals surface area contributed by atoms with Crippen molar-refractivity contribution in [3.63, 3.8) is 0 Å². The van der Waals surface area contributed by atoms with Crippen molar-refractivity contribution in [3.8, 4) is 0 Å². The Kier molecular flexibility index (Phi) is 5.16. The van der Waals surface area contributed by atoms with Crippen LogP contribution in [0.3, 0.4) is 0 Å². The lowest BCUT2D eigenvalue weighted by molar-refractivity contribution is -0.121. The van der Waals surface area contributed by atoms with Crippen molar-refractivity contribution in [2.75, 3.05) is 0 Å². The predicted molar refractivity (Wildman–Crippen MR) is 80.8 cm³/mol. The van der Waals surface area contributed by atoms with Crippen LogP contribution in [0.25, 0.3) is 0 Å². The zero-order chi connectivity index (χ0) is 13.5. The molecule has 0 aromatic heterocycles. The van der Waals surface area contributed by atoms with Crippen LogP contribution in [0.5, 0.6) is 0 Å². The Labute approximate surface area is 122 Å². The van der Waals surface area contributed by atoms with Gasteiger partial charge in [-0.3, -0.25) is 4.79 Å². The summed E-state index contributed by atoms with van der Waals surface area (Å²) in [5.41, 5.74) is 2.29. The summed E-state index contributed by atoms with van der Waals surface area (Å²) in [5, 5.41) is 2.93. The summed E-state index contributed by atoms with van der Waals surface area (Å²) in [5.74, 6) is 0.0869. The molecule has 0 atom stereocenters. The van der Waals surface area contributed by atoms with E-state index in [0.717, 1.165) is 16.5 Å². The van der Waals surface area contributed by atoms with E-state index in [0.29, 0.717) is 13.0 Å². The van der Waals surface area contributed by atoms with Gasteiger partial charge in [-0.1, -0.05) is 58.4 Å². The lowest BCUT2D eigenvalue weighted by Gasteiger charge is -2.05. The minimum Gasteiger partial charge on any atom is -0.352 e. The molecule has 0 saturated carbocycles. The van der Waals surface area contributed by atoms with Crippen LogP contribution in [0.15, 0.2) is 59.1 Å². The van der Waals surface area contributed by atoms with Crippen molar-refractivity contribution in [2.45, 2.75) is 19.4 Å². The lowest BCUT2D eigenvalue weighted by Crippen LogP contribution is -2.22. The number of nitrogens with one attached hydrogen (secondary N) is 1. The van der Waals surface area contributed by atoms with Gasteiger partial charge in [0.25, 0.3) is 0 Å². The van der Waals surface area contributed by atoms with Gasteiger partial charge < -0.3 is 5.32 Å². The molecule has 0 radical (unpaired) electrons. The van der Waals surface area contributed by atoms with Crippen LogP contribution in [-0.2, 0) is 17.8 Å². The Morgan fingerprint density at radius 1 is 1.00 bits per heavy atom. The van der Waals surface area contributed by atoms with E-state index in [1.165, 1.54) is 5.56 Å². The fourth-order valence-electron chi connectivity index (χ4n) is 1.84. The van der Waals surface area contributed by atoms with Crippen LogP contribution in [0, 0.1) is 0 Å². The second kappa shape index (κ2) is 7.10. The summed E-state index contributed by atoms with van der Waals surface area (Å²) in [4.78, 5) is 11.8. The first kappa shape index (κ1) is 13.8. The van der Waals surface area contributed by atoms with Gasteiger partial charge in [0, 0.05) is 17.4 Å². The van der Waals surface area contributed by atoms with Crippen LogP contribution >= 0.6 is 15.9 Å². The smallest absolute Gasteiger partial charge is 0.220 e. The number of aryl methyl sites for hydroxylation is 1. The van der Waals surface area contributed by atoms with E-state index in [-0.39, 0.29) is 5.91 Å². The van der Waals surface area contributed by atoms with Gasteiger partial charge in [0.1, 0.15) is 0 Å². The second-order valence-electron chi connectivity index (χ2n) is 4.39. The molecule has 0 saturated heterocycles. The minimum absolute atomic E-state index is 0.0869. The van der Waals surface area contributed by atoms with Crippen molar-refractivity contribution >= 4 is 21.8 Å². The molecule has 1 N–H and O–H groups in total. The number of carbonyl (C=O) groups is 1. The fraction of sp³-hybridized carbons (Fsp3) is 0.188. The molecule has 0 bridgehead atoms. The Bertz CT molecular complexity index is 539. The summed E-state index contributed by atoms with van der Waals surface area (Å²) in [6.45, 7) is 0.595. The first-order valence-corrected chi connectivity index (χ1v) is 7.08. The van der Waals surface area contributed by atoms with E-state index in [1.807, 2.05) is 54.6 Å². The molecule has 2 nitrogen and oxygen atoms in total. The van der Waals surface area contributed by atoms with Crippen LogP contribution in [0.4, 0.5) is 0 Å². The van der Waals surface area contributed by atoms with Crippen molar-refractivity contribution in [1.82, 2.24) is 5.32 Å². The fourth-order valence-corrected chi connectivity index (χ4v) is 2.28. The molecule has 3 heteroatoms. The third-order valence-corrected chi connectivity index (χ3v) is 3.36. The normalized spacial score (nSPS) is 10.2. The first-order chi connectivity index (χ1) is 9.24. The second-order valence-corrected chi connectivity index (χ2v) is 5.31. The molecule has 0 spiro atoms. The van der Waals surface area contributed by atoms with Gasteiger partial charge in [-0.2, -0.15) is 0 Å². The topological polar surface area (TPSA) is 29.1 Å². The van der Waals surface area contributed by atoms with E-state index >= 15 is 0 Å². The third kappa shape index (κ3) is 4.87. The summed E-state index contributed by atoms with van der Waals surface area (Å²) in [7, 11) is 0. The Hall–Kier alpha value is -1.61. The number of benzene rings is 2. The molecule has 0 aliphatic heterocycles. The number of amides is 1. The van der Waals surface area contributed by atoms with E-state index in [9.17, 15) is 4.79 Å². The Morgan fingerprint density at radius 2 is 1.74 bits per heavy atom. The number of hydrogen-bond acceptors (Lipinski definition) is 1. The molecule has 0 fully saturated rings. The van der Waals surface area contributed by atoms with E-state index in [1.54, 1.807) is 0 Å². The van der Waals surface area contributed by atoms with Gasteiger partial charge in [0.15, 0.2) is 0 Å². The average molecular weight is 318 g/mol. The zero-order valence-electron chi connectivity index (χ0n) is 10.6. The number of hydrogen-bond donors (Lipinski definition) is 1. The highest BCUT2D eigenvalue weighted by atomic mass is 79.9. The van der Waals surface area contributed by atoms with Gasteiger partial charge in [0.05, 0.1) is 0 Å². The molecule has 0 aliphatic rings. The number of halogens is 1. The molecule has 98 valence electrons. The van der Waals surface area contributed by atoms with Crippen molar-refractivity contribution in [2.24, 2.45) is 0 Å². The van der Waals surface area contributed by atoms with Gasteiger partial charge in [-0.05, 0) is 29.7 Å². The van der Waals surface area contributed by atoms with Crippen LogP contribution in [0.2, 0.25) is 0 Å². The maximum atomic E-state index is 11.8. The Morgan fingerprint density at radius 3 is 2.47 bits per heavy atom. The molecule has 2 rings (SSSR count). The van der Waals surface area contributed by atoms with Gasteiger partial charge in [0.2, 0.25) is 5.91 Å². The van der Waals surface area contributed by atoms with Crippen molar-refractivity contribution < 1.29 is 4.79 Å². The molecular formula is C16H16BrNO. The standard InChI is InChI=1S/C16H16BrNO/c17-15-8-4-7-13(11-15)9-10-16(19)18-12-14-5-2-1-3-6-14/h1-8,11H,9-10,12H2,(H,18,19). The largest absolute Gasteiger partial charge is 0.352 e. The molecule has 0 unspecified atom stereocenters. The highest BCUT2D eigenvalue weighted by Crippen LogP contribution is 2.12. The van der Waals surface area contributed by atoms with Crippen LogP contribution in [0.1, 0.15) is 17.5 Å². The van der Waals surface area contributed by atoms with Crippen LogP contribution in [-0.4, -0.2) is 5.91 Å². The van der Waals surface area contributed by atoms with Gasteiger partial charge >= 0.3 is 0 Å². The summed E-state index contributed by atoms with van der Waals surface area (Å²) in [6, 6.07) is 18.0. The average Bonchev–Trinajstić information content (AvgIpc) is 2.44. The van der Waals surface area contributed by atoms with E-state index in [4.69, 9.17) is 0 Å². The predicted octanol–water partition coefficient (Wildman–Crippen LogP) is 3.70. The third-order valence-electron chi connectivity index (χ3n) is 2.86. The zero-order valence-corrected chi connectivity index (χ0v) is 12.2. The van der Waals surface area contributed by atoms with E-state index < -0.39 is 0 Å². The molecule has 19 heavy (non-hydrogen) atoms. The van der Waals surface area contributed by atoms with Gasteiger partial charge in [-0.15, -0.1) is 0 Å². The minimum atomic E-state index is 0.0869. The highest BCUT2D eigenvalue weighted by molar-refractivity contribution is 9.10. The lowest BCUT2D eigenvalue weighted by atomic mass is 10.1. The summed E-state index contributed by atoms with van der Waals surface area (Å²) in [6.07, 6.45) is 1.28. The Balaban J connectivity index is 1.76. The monoisotopic (exact) mass is 317 g/mol. The SMILES string of the molecule is O=C(CCc1cccc(Br)c1)NCc1ccccc1. The maximum absolute atomic E-state index is 11.8. The van der Waals surface area contributed by atoms with Crippen LogP contribution < -0.4 is 5.32 Å². The highest BCUT2D eigenvalue weighted by Gasteiger charge is 2.02. The summed E-state index contributed by atoms with van der Waals surface area (Å²) >= 11 is 3.43. The molecule has 0 aliphatic carbocycles. The first-order valence-electron chi connectivity index (χ1n) is 6.29. The quantitative estimate of drug-likeness (QED) is 0.895. The van der Waals surface area contributed by atoms with Crippen molar-refractivity contribution in [1.29, 1.82) is 0 Å². The molecular weight excluding hydrogens is 302 g/mol. The molecule has 0 heterocycles. The number of carbonyl (C=O) groups excluding carboxylic acids is 1. The number of rotatable bonds is 5. The summed E-state index contributed by atoms with van der Waals surface area (Å²) < 4.78 is 1.05. The molecule has 1 amide bonds. The van der Waals surface area contributed by atoms with Gasteiger partial charge in [-0.25, -0.2) is 0 Å². The molecule has 2 aromatic rings. The van der Waals surface area contributed by atoms with Crippen molar-refractivity contribution in [3.05, 3.63) is 70.2 Å². The maximum Gasteiger partial charge on any atom is 0.220 e. The van der Waals surface area contributed by atoms with E-state index in [2.05, 4.69) is 21.2 Å². The molecule has 2 aromatic carbocycles.